The SMILES string of the molecule is CCOC(=O)C1=C(C)Nc2ncnn2C1c1cc(Br)c(OCc2cccc(C)c2)c(OC)c1. The van der Waals surface area contributed by atoms with Gasteiger partial charge >= 0.3 is 5.97 Å². The van der Waals surface area contributed by atoms with Crippen molar-refractivity contribution >= 4 is 27.8 Å². The summed E-state index contributed by atoms with van der Waals surface area (Å²) in [6.07, 6.45) is 1.45. The van der Waals surface area contributed by atoms with Gasteiger partial charge in [0.2, 0.25) is 5.95 Å². The molecule has 1 aromatic heterocycles. The first-order chi connectivity index (χ1) is 15.9. The Morgan fingerprint density at radius 2 is 2.06 bits per heavy atom. The lowest BCUT2D eigenvalue weighted by atomic mass is 9.95. The average Bonchev–Trinajstić information content (AvgIpc) is 3.25. The molecule has 2 aromatic carbocycles. The Kier molecular flexibility index (Phi) is 6.69. The molecular formula is C24H25BrN4O4. The quantitative estimate of drug-likeness (QED) is 0.455. The summed E-state index contributed by atoms with van der Waals surface area (Å²) >= 11 is 3.63. The standard InChI is InChI=1S/C24H25BrN4O4/c1-5-32-23(30)20-15(3)28-24-26-13-27-29(24)21(20)17-10-18(25)22(19(11-17)31-4)33-12-16-8-6-7-14(2)9-16/h6-11,13,21H,5,12H2,1-4H3,(H,26,27,28). The van der Waals surface area contributed by atoms with E-state index in [1.54, 1.807) is 18.7 Å². The zero-order chi connectivity index (χ0) is 23.5. The molecule has 4 rings (SSSR count). The van der Waals surface area contributed by atoms with E-state index in [9.17, 15) is 4.79 Å². The van der Waals surface area contributed by atoms with Crippen LogP contribution in [0.2, 0.25) is 0 Å². The Labute approximate surface area is 200 Å². The third-order valence-electron chi connectivity index (χ3n) is 5.32. The Morgan fingerprint density at radius 1 is 1.24 bits per heavy atom. The first-order valence-electron chi connectivity index (χ1n) is 10.5. The maximum absolute atomic E-state index is 12.9. The van der Waals surface area contributed by atoms with Crippen molar-refractivity contribution in [2.75, 3.05) is 19.0 Å². The predicted octanol–water partition coefficient (Wildman–Crippen LogP) is 4.79. The highest BCUT2D eigenvalue weighted by atomic mass is 79.9. The number of fused-ring (bicyclic) bond motifs is 1. The fourth-order valence-electron chi connectivity index (χ4n) is 3.87. The van der Waals surface area contributed by atoms with Gasteiger partial charge in [-0.25, -0.2) is 9.48 Å². The van der Waals surface area contributed by atoms with Crippen LogP contribution in [0.5, 0.6) is 11.5 Å². The van der Waals surface area contributed by atoms with E-state index < -0.39 is 12.0 Å². The average molecular weight is 513 g/mol. The normalized spacial score (nSPS) is 15.0. The van der Waals surface area contributed by atoms with Crippen LogP contribution in [0, 0.1) is 6.92 Å². The molecule has 1 aliphatic heterocycles. The second kappa shape index (κ2) is 9.66. The highest BCUT2D eigenvalue weighted by Gasteiger charge is 2.35. The molecule has 8 nitrogen and oxygen atoms in total. The number of ether oxygens (including phenoxy) is 3. The van der Waals surface area contributed by atoms with Crippen LogP contribution in [0.1, 0.15) is 36.6 Å². The fraction of sp³-hybridized carbons (Fsp3) is 0.292. The predicted molar refractivity (Wildman–Crippen MR) is 127 cm³/mol. The minimum Gasteiger partial charge on any atom is -0.493 e. The number of hydrogen-bond donors (Lipinski definition) is 1. The summed E-state index contributed by atoms with van der Waals surface area (Å²) in [5.74, 6) is 1.24. The molecule has 2 heterocycles. The number of nitrogens with one attached hydrogen (secondary N) is 1. The second-order valence-electron chi connectivity index (χ2n) is 7.63. The molecule has 0 saturated carbocycles. The van der Waals surface area contributed by atoms with E-state index in [-0.39, 0.29) is 6.61 Å². The monoisotopic (exact) mass is 512 g/mol. The Morgan fingerprint density at radius 3 is 2.79 bits per heavy atom. The number of esters is 1. The summed E-state index contributed by atoms with van der Waals surface area (Å²) in [6.45, 7) is 6.31. The number of hydrogen-bond acceptors (Lipinski definition) is 7. The molecule has 1 unspecified atom stereocenters. The van der Waals surface area contributed by atoms with Crippen molar-refractivity contribution in [3.8, 4) is 11.5 Å². The van der Waals surface area contributed by atoms with Crippen LogP contribution in [0.4, 0.5) is 5.95 Å². The summed E-state index contributed by atoms with van der Waals surface area (Å²) in [6, 6.07) is 11.4. The number of anilines is 1. The molecule has 3 aromatic rings. The zero-order valence-corrected chi connectivity index (χ0v) is 20.5. The largest absolute Gasteiger partial charge is 0.493 e. The molecule has 172 valence electrons. The summed E-state index contributed by atoms with van der Waals surface area (Å²) in [5, 5.41) is 7.47. The number of carbonyl (C=O) groups excluding carboxylic acids is 1. The number of carbonyl (C=O) groups is 1. The number of aryl methyl sites for hydroxylation is 1. The van der Waals surface area contributed by atoms with Crippen LogP contribution in [0.15, 0.2) is 58.5 Å². The molecule has 0 spiro atoms. The molecule has 0 amide bonds. The molecule has 1 aliphatic rings. The van der Waals surface area contributed by atoms with Gasteiger partial charge in [0.1, 0.15) is 19.0 Å². The van der Waals surface area contributed by atoms with Gasteiger partial charge in [-0.05, 0) is 60.0 Å². The maximum atomic E-state index is 12.9. The molecule has 33 heavy (non-hydrogen) atoms. The van der Waals surface area contributed by atoms with Gasteiger partial charge in [0.15, 0.2) is 11.5 Å². The van der Waals surface area contributed by atoms with E-state index in [1.807, 2.05) is 44.2 Å². The Bertz CT molecular complexity index is 1220. The number of nitrogens with zero attached hydrogens (tertiary/aromatic N) is 3. The van der Waals surface area contributed by atoms with Gasteiger partial charge in [0, 0.05) is 5.70 Å². The van der Waals surface area contributed by atoms with Gasteiger partial charge in [-0.3, -0.25) is 0 Å². The number of benzene rings is 2. The second-order valence-corrected chi connectivity index (χ2v) is 8.48. The van der Waals surface area contributed by atoms with Gasteiger partial charge in [-0.15, -0.1) is 0 Å². The molecule has 1 atom stereocenters. The molecular weight excluding hydrogens is 488 g/mol. The van der Waals surface area contributed by atoms with Gasteiger partial charge in [-0.2, -0.15) is 10.1 Å². The number of methoxy groups -OCH3 is 1. The number of allylic oxidation sites excluding steroid dienone is 1. The lowest BCUT2D eigenvalue weighted by Gasteiger charge is -2.28. The van der Waals surface area contributed by atoms with Crippen LogP contribution >= 0.6 is 15.9 Å². The molecule has 0 bridgehead atoms. The maximum Gasteiger partial charge on any atom is 0.338 e. The first-order valence-corrected chi connectivity index (χ1v) is 11.3. The summed E-state index contributed by atoms with van der Waals surface area (Å²) < 4.78 is 19.5. The van der Waals surface area contributed by atoms with Crippen molar-refractivity contribution < 1.29 is 19.0 Å². The molecule has 0 saturated heterocycles. The van der Waals surface area contributed by atoms with Crippen LogP contribution in [-0.4, -0.2) is 34.5 Å². The van der Waals surface area contributed by atoms with Crippen molar-refractivity contribution in [3.63, 3.8) is 0 Å². The fourth-order valence-corrected chi connectivity index (χ4v) is 4.44. The molecule has 0 radical (unpaired) electrons. The number of aromatic nitrogens is 3. The van der Waals surface area contributed by atoms with Gasteiger partial charge < -0.3 is 19.5 Å². The van der Waals surface area contributed by atoms with Crippen molar-refractivity contribution in [2.45, 2.75) is 33.4 Å². The topological polar surface area (TPSA) is 87.5 Å². The molecule has 0 aliphatic carbocycles. The summed E-state index contributed by atoms with van der Waals surface area (Å²) in [7, 11) is 1.59. The molecule has 1 N–H and O–H groups in total. The Hall–Kier alpha value is -3.33. The minimum absolute atomic E-state index is 0.269. The van der Waals surface area contributed by atoms with E-state index in [1.165, 1.54) is 11.9 Å². The van der Waals surface area contributed by atoms with Crippen molar-refractivity contribution in [1.29, 1.82) is 0 Å². The summed E-state index contributed by atoms with van der Waals surface area (Å²) in [4.78, 5) is 17.1. The van der Waals surface area contributed by atoms with Crippen molar-refractivity contribution in [3.05, 3.63) is 75.2 Å². The van der Waals surface area contributed by atoms with Crippen LogP contribution < -0.4 is 14.8 Å². The van der Waals surface area contributed by atoms with Crippen LogP contribution in [-0.2, 0) is 16.1 Å². The van der Waals surface area contributed by atoms with E-state index in [0.29, 0.717) is 39.8 Å². The van der Waals surface area contributed by atoms with Gasteiger partial charge in [-0.1, -0.05) is 29.8 Å². The highest BCUT2D eigenvalue weighted by Crippen LogP contribution is 2.43. The summed E-state index contributed by atoms with van der Waals surface area (Å²) in [5.41, 5.74) is 4.12. The van der Waals surface area contributed by atoms with Crippen molar-refractivity contribution in [1.82, 2.24) is 14.8 Å². The van der Waals surface area contributed by atoms with E-state index in [0.717, 1.165) is 11.1 Å². The van der Waals surface area contributed by atoms with Gasteiger partial charge in [0.05, 0.1) is 23.8 Å². The molecule has 9 heteroatoms. The van der Waals surface area contributed by atoms with E-state index >= 15 is 0 Å². The third kappa shape index (κ3) is 4.59. The van der Waals surface area contributed by atoms with Crippen LogP contribution in [0.25, 0.3) is 0 Å². The lowest BCUT2D eigenvalue weighted by molar-refractivity contribution is -0.139. The Balaban J connectivity index is 1.73. The highest BCUT2D eigenvalue weighted by molar-refractivity contribution is 9.10. The van der Waals surface area contributed by atoms with Crippen molar-refractivity contribution in [2.24, 2.45) is 0 Å². The number of halogens is 1. The van der Waals surface area contributed by atoms with Gasteiger partial charge in [0.25, 0.3) is 0 Å². The first kappa shape index (κ1) is 22.8. The van der Waals surface area contributed by atoms with Crippen LogP contribution in [0.3, 0.4) is 0 Å². The third-order valence-corrected chi connectivity index (χ3v) is 5.91. The number of rotatable bonds is 7. The minimum atomic E-state index is -0.543. The zero-order valence-electron chi connectivity index (χ0n) is 18.9. The van der Waals surface area contributed by atoms with E-state index in [4.69, 9.17) is 14.2 Å². The smallest absolute Gasteiger partial charge is 0.338 e. The lowest BCUT2D eigenvalue weighted by Crippen LogP contribution is -2.29. The molecule has 0 fully saturated rings. The van der Waals surface area contributed by atoms with E-state index in [2.05, 4.69) is 37.4 Å².